The number of carbonyl (C=O) groups is 1. The zero-order valence-corrected chi connectivity index (χ0v) is 10.7. The number of rotatable bonds is 3. The lowest BCUT2D eigenvalue weighted by Gasteiger charge is -2.02. The second-order valence-corrected chi connectivity index (χ2v) is 4.38. The number of ether oxygens (including phenoxy) is 1. The van der Waals surface area contributed by atoms with Crippen molar-refractivity contribution >= 4 is 22.6 Å². The highest BCUT2D eigenvalue weighted by molar-refractivity contribution is 8.13. The molecule has 5 nitrogen and oxygen atoms in total. The molecule has 1 rings (SSSR count). The molecule has 0 aliphatic rings. The van der Waals surface area contributed by atoms with Crippen LogP contribution in [0.5, 0.6) is 5.75 Å². The molecule has 0 aliphatic carbocycles. The molecule has 0 aromatic heterocycles. The first-order chi connectivity index (χ1) is 8.54. The summed E-state index contributed by atoms with van der Waals surface area (Å²) < 4.78 is 5.06. The average Bonchev–Trinajstić information content (AvgIpc) is 2.34. The molecule has 6 heteroatoms. The van der Waals surface area contributed by atoms with Gasteiger partial charge in [0, 0.05) is 19.1 Å². The Balaban J connectivity index is 2.94. The minimum atomic E-state index is -0.491. The highest BCUT2D eigenvalue weighted by Gasteiger charge is 2.09. The SMILES string of the molecule is COc1ccc([N+](=O)[O-])cc1C#CCSC(C)=O. The molecule has 0 N–H and O–H groups in total. The predicted molar refractivity (Wildman–Crippen MR) is 69.7 cm³/mol. The molecular weight excluding hydrogens is 254 g/mol. The molecule has 94 valence electrons. The topological polar surface area (TPSA) is 69.4 Å². The molecule has 0 amide bonds. The lowest BCUT2D eigenvalue weighted by atomic mass is 10.2. The van der Waals surface area contributed by atoms with Crippen molar-refractivity contribution in [1.82, 2.24) is 0 Å². The van der Waals surface area contributed by atoms with E-state index in [1.54, 1.807) is 0 Å². The molecule has 0 atom stereocenters. The number of nitro benzene ring substituents is 1. The van der Waals surface area contributed by atoms with Crippen molar-refractivity contribution in [2.45, 2.75) is 6.92 Å². The minimum Gasteiger partial charge on any atom is -0.495 e. The van der Waals surface area contributed by atoms with E-state index in [1.165, 1.54) is 32.2 Å². The zero-order chi connectivity index (χ0) is 13.5. The smallest absolute Gasteiger partial charge is 0.270 e. The maximum atomic E-state index is 10.7. The molecule has 18 heavy (non-hydrogen) atoms. The Morgan fingerprint density at radius 1 is 1.56 bits per heavy atom. The van der Waals surface area contributed by atoms with E-state index in [4.69, 9.17) is 4.74 Å². The maximum absolute atomic E-state index is 10.7. The largest absolute Gasteiger partial charge is 0.495 e. The second kappa shape index (κ2) is 6.67. The van der Waals surface area contributed by atoms with Gasteiger partial charge in [0.25, 0.3) is 5.69 Å². The summed E-state index contributed by atoms with van der Waals surface area (Å²) in [6, 6.07) is 4.21. The molecule has 0 unspecified atom stereocenters. The first-order valence-corrected chi connectivity index (χ1v) is 5.98. The van der Waals surface area contributed by atoms with E-state index in [9.17, 15) is 14.9 Å². The van der Waals surface area contributed by atoms with Crippen molar-refractivity contribution in [2.24, 2.45) is 0 Å². The van der Waals surface area contributed by atoms with E-state index in [1.807, 2.05) is 0 Å². The van der Waals surface area contributed by atoms with Crippen LogP contribution in [-0.2, 0) is 4.79 Å². The van der Waals surface area contributed by atoms with E-state index in [-0.39, 0.29) is 10.8 Å². The van der Waals surface area contributed by atoms with Crippen LogP contribution < -0.4 is 4.74 Å². The van der Waals surface area contributed by atoms with Crippen LogP contribution in [0.25, 0.3) is 0 Å². The van der Waals surface area contributed by atoms with Crippen LogP contribution in [0.15, 0.2) is 18.2 Å². The van der Waals surface area contributed by atoms with Crippen LogP contribution in [0, 0.1) is 22.0 Å². The summed E-state index contributed by atoms with van der Waals surface area (Å²) in [5.41, 5.74) is 0.398. The van der Waals surface area contributed by atoms with Crippen LogP contribution >= 0.6 is 11.8 Å². The number of nitro groups is 1. The Morgan fingerprint density at radius 2 is 2.28 bits per heavy atom. The maximum Gasteiger partial charge on any atom is 0.270 e. The van der Waals surface area contributed by atoms with Crippen molar-refractivity contribution in [3.8, 4) is 17.6 Å². The van der Waals surface area contributed by atoms with E-state index in [2.05, 4.69) is 11.8 Å². The molecule has 0 spiro atoms. The molecule has 0 saturated heterocycles. The quantitative estimate of drug-likeness (QED) is 0.476. The van der Waals surface area contributed by atoms with Gasteiger partial charge >= 0.3 is 0 Å². The average molecular weight is 265 g/mol. The number of methoxy groups -OCH3 is 1. The van der Waals surface area contributed by atoms with Gasteiger partial charge in [0.1, 0.15) is 5.75 Å². The summed E-state index contributed by atoms with van der Waals surface area (Å²) in [6.45, 7) is 1.46. The summed E-state index contributed by atoms with van der Waals surface area (Å²) in [5, 5.41) is 10.6. The molecular formula is C12H11NO4S. The van der Waals surface area contributed by atoms with Gasteiger partial charge in [0.15, 0.2) is 5.12 Å². The van der Waals surface area contributed by atoms with Gasteiger partial charge in [-0.2, -0.15) is 0 Å². The fourth-order valence-electron chi connectivity index (χ4n) is 1.18. The van der Waals surface area contributed by atoms with Crippen molar-refractivity contribution < 1.29 is 14.5 Å². The van der Waals surface area contributed by atoms with E-state index < -0.39 is 4.92 Å². The summed E-state index contributed by atoms with van der Waals surface area (Å²) >= 11 is 1.09. The van der Waals surface area contributed by atoms with Crippen LogP contribution in [0.3, 0.4) is 0 Å². The first kappa shape index (κ1) is 14.1. The molecule has 1 aromatic rings. The molecule has 0 bridgehead atoms. The number of hydrogen-bond donors (Lipinski definition) is 0. The highest BCUT2D eigenvalue weighted by atomic mass is 32.2. The van der Waals surface area contributed by atoms with Crippen molar-refractivity contribution in [1.29, 1.82) is 0 Å². The minimum absolute atomic E-state index is 0.0182. The van der Waals surface area contributed by atoms with E-state index >= 15 is 0 Å². The van der Waals surface area contributed by atoms with Gasteiger partial charge in [0.2, 0.25) is 0 Å². The van der Waals surface area contributed by atoms with Crippen LogP contribution in [0.1, 0.15) is 12.5 Å². The van der Waals surface area contributed by atoms with E-state index in [0.29, 0.717) is 17.1 Å². The fraction of sp³-hybridized carbons (Fsp3) is 0.250. The van der Waals surface area contributed by atoms with Gasteiger partial charge < -0.3 is 4.74 Å². The number of carbonyl (C=O) groups excluding carboxylic acids is 1. The number of hydrogen-bond acceptors (Lipinski definition) is 5. The van der Waals surface area contributed by atoms with Gasteiger partial charge in [-0.3, -0.25) is 14.9 Å². The summed E-state index contributed by atoms with van der Waals surface area (Å²) in [6.07, 6.45) is 0. The number of nitrogens with zero attached hydrogens (tertiary/aromatic N) is 1. The third-order valence-corrected chi connectivity index (χ3v) is 2.66. The zero-order valence-electron chi connectivity index (χ0n) is 9.93. The predicted octanol–water partition coefficient (Wildman–Crippen LogP) is 2.23. The third-order valence-electron chi connectivity index (χ3n) is 1.96. The lowest BCUT2D eigenvalue weighted by Crippen LogP contribution is -1.92. The second-order valence-electron chi connectivity index (χ2n) is 3.22. The van der Waals surface area contributed by atoms with E-state index in [0.717, 1.165) is 11.8 Å². The normalized spacial score (nSPS) is 9.22. The molecule has 0 aliphatic heterocycles. The van der Waals surface area contributed by atoms with Crippen molar-refractivity contribution in [3.05, 3.63) is 33.9 Å². The number of benzene rings is 1. The number of non-ortho nitro benzene ring substituents is 1. The van der Waals surface area contributed by atoms with Gasteiger partial charge in [0.05, 0.1) is 23.3 Å². The molecule has 0 heterocycles. The Bertz CT molecular complexity index is 531. The van der Waals surface area contributed by atoms with Gasteiger partial charge in [-0.15, -0.1) is 0 Å². The Labute approximate surface area is 109 Å². The Hall–Kier alpha value is -2.00. The Morgan fingerprint density at radius 3 is 2.83 bits per heavy atom. The van der Waals surface area contributed by atoms with Crippen LogP contribution in [-0.4, -0.2) is 22.9 Å². The van der Waals surface area contributed by atoms with Gasteiger partial charge in [-0.05, 0) is 6.07 Å². The summed E-state index contributed by atoms with van der Waals surface area (Å²) in [5.74, 6) is 6.35. The monoisotopic (exact) mass is 265 g/mol. The fourth-order valence-corrected chi connectivity index (χ4v) is 1.52. The van der Waals surface area contributed by atoms with Crippen molar-refractivity contribution in [3.63, 3.8) is 0 Å². The standard InChI is InChI=1S/C12H11NO4S/c1-9(14)18-7-3-4-10-8-11(13(15)16)5-6-12(10)17-2/h5-6,8H,7H2,1-2H3. The number of thioether (sulfide) groups is 1. The first-order valence-electron chi connectivity index (χ1n) is 4.99. The van der Waals surface area contributed by atoms with Gasteiger partial charge in [-0.25, -0.2) is 0 Å². The lowest BCUT2D eigenvalue weighted by molar-refractivity contribution is -0.384. The Kier molecular flexibility index (Phi) is 5.21. The van der Waals surface area contributed by atoms with Gasteiger partial charge in [-0.1, -0.05) is 23.6 Å². The molecule has 0 fully saturated rings. The summed E-state index contributed by atoms with van der Waals surface area (Å²) in [4.78, 5) is 20.9. The van der Waals surface area contributed by atoms with Crippen LogP contribution in [0.4, 0.5) is 5.69 Å². The highest BCUT2D eigenvalue weighted by Crippen LogP contribution is 2.22. The van der Waals surface area contributed by atoms with Crippen LogP contribution in [0.2, 0.25) is 0 Å². The molecule has 0 radical (unpaired) electrons. The molecule has 0 saturated carbocycles. The molecule has 1 aromatic carbocycles. The third kappa shape index (κ3) is 4.11. The van der Waals surface area contributed by atoms with Crippen molar-refractivity contribution in [2.75, 3.05) is 12.9 Å². The summed E-state index contributed by atoms with van der Waals surface area (Å²) in [7, 11) is 1.47.